The van der Waals surface area contributed by atoms with Crippen molar-refractivity contribution in [3.05, 3.63) is 10.8 Å². The normalized spacial score (nSPS) is 10.6. The SMILES string of the molecule is CNc1ncnc(OCCCN(C)C)c1Br. The molecule has 0 bridgehead atoms. The Kier molecular flexibility index (Phi) is 5.48. The summed E-state index contributed by atoms with van der Waals surface area (Å²) in [5, 5.41) is 2.96. The Bertz CT molecular complexity index is 333. The molecule has 1 aromatic rings. The molecule has 0 radical (unpaired) electrons. The number of nitrogens with zero attached hydrogens (tertiary/aromatic N) is 3. The molecule has 1 aromatic heterocycles. The van der Waals surface area contributed by atoms with Gasteiger partial charge < -0.3 is 15.0 Å². The average Bonchev–Trinajstić information content (AvgIpc) is 2.26. The van der Waals surface area contributed by atoms with Gasteiger partial charge in [-0.1, -0.05) is 0 Å². The molecule has 1 N–H and O–H groups in total. The van der Waals surface area contributed by atoms with E-state index in [1.54, 1.807) is 0 Å². The number of rotatable bonds is 6. The molecular weight excluding hydrogens is 272 g/mol. The molecule has 0 saturated heterocycles. The molecule has 0 aliphatic rings. The van der Waals surface area contributed by atoms with Crippen LogP contribution in [-0.2, 0) is 0 Å². The van der Waals surface area contributed by atoms with Gasteiger partial charge in [-0.15, -0.1) is 0 Å². The number of halogens is 1. The molecule has 1 heterocycles. The third kappa shape index (κ3) is 3.94. The molecule has 90 valence electrons. The molecule has 0 aliphatic carbocycles. The first-order valence-electron chi connectivity index (χ1n) is 5.11. The number of hydrogen-bond acceptors (Lipinski definition) is 5. The summed E-state index contributed by atoms with van der Waals surface area (Å²) in [5.74, 6) is 1.32. The van der Waals surface area contributed by atoms with E-state index in [9.17, 15) is 0 Å². The lowest BCUT2D eigenvalue weighted by Crippen LogP contribution is -2.15. The van der Waals surface area contributed by atoms with Gasteiger partial charge in [0.2, 0.25) is 5.88 Å². The summed E-state index contributed by atoms with van der Waals surface area (Å²) < 4.78 is 6.33. The molecule has 0 saturated carbocycles. The van der Waals surface area contributed by atoms with E-state index in [2.05, 4.69) is 36.1 Å². The topological polar surface area (TPSA) is 50.3 Å². The zero-order chi connectivity index (χ0) is 12.0. The van der Waals surface area contributed by atoms with Crippen molar-refractivity contribution < 1.29 is 4.74 Å². The monoisotopic (exact) mass is 288 g/mol. The maximum Gasteiger partial charge on any atom is 0.233 e. The first kappa shape index (κ1) is 13.2. The first-order chi connectivity index (χ1) is 7.65. The standard InChI is InChI=1S/C10H17BrN4O/c1-12-9-8(11)10(14-7-13-9)16-6-4-5-15(2)3/h7H,4-6H2,1-3H3,(H,12,13,14). The highest BCUT2D eigenvalue weighted by Crippen LogP contribution is 2.27. The van der Waals surface area contributed by atoms with Crippen LogP contribution in [0.25, 0.3) is 0 Å². The second-order valence-electron chi connectivity index (χ2n) is 3.60. The van der Waals surface area contributed by atoms with E-state index in [1.165, 1.54) is 6.33 Å². The van der Waals surface area contributed by atoms with Crippen LogP contribution in [0.2, 0.25) is 0 Å². The van der Waals surface area contributed by atoms with Crippen molar-refractivity contribution in [3.63, 3.8) is 0 Å². The van der Waals surface area contributed by atoms with Gasteiger partial charge in [-0.3, -0.25) is 0 Å². The summed E-state index contributed by atoms with van der Waals surface area (Å²) in [6.45, 7) is 1.65. The van der Waals surface area contributed by atoms with Crippen molar-refractivity contribution in [2.24, 2.45) is 0 Å². The van der Waals surface area contributed by atoms with Gasteiger partial charge in [0, 0.05) is 13.6 Å². The lowest BCUT2D eigenvalue weighted by atomic mass is 10.4. The molecule has 6 heteroatoms. The number of nitrogens with one attached hydrogen (secondary N) is 1. The molecule has 0 atom stereocenters. The highest BCUT2D eigenvalue weighted by molar-refractivity contribution is 9.10. The Morgan fingerprint density at radius 1 is 1.44 bits per heavy atom. The van der Waals surface area contributed by atoms with Crippen LogP contribution >= 0.6 is 15.9 Å². The van der Waals surface area contributed by atoms with Crippen molar-refractivity contribution in [3.8, 4) is 5.88 Å². The maximum absolute atomic E-state index is 5.57. The number of anilines is 1. The van der Waals surface area contributed by atoms with Crippen molar-refractivity contribution in [2.75, 3.05) is 39.6 Å². The lowest BCUT2D eigenvalue weighted by molar-refractivity contribution is 0.271. The fourth-order valence-electron chi connectivity index (χ4n) is 1.18. The van der Waals surface area contributed by atoms with E-state index in [0.717, 1.165) is 23.3 Å². The molecule has 0 unspecified atom stereocenters. The lowest BCUT2D eigenvalue weighted by Gasteiger charge is -2.11. The molecule has 16 heavy (non-hydrogen) atoms. The zero-order valence-electron chi connectivity index (χ0n) is 9.83. The van der Waals surface area contributed by atoms with E-state index in [0.29, 0.717) is 12.5 Å². The van der Waals surface area contributed by atoms with Gasteiger partial charge >= 0.3 is 0 Å². The van der Waals surface area contributed by atoms with Gasteiger partial charge in [0.25, 0.3) is 0 Å². The Labute approximate surface area is 104 Å². The third-order valence-corrected chi connectivity index (χ3v) is 2.70. The van der Waals surface area contributed by atoms with Crippen molar-refractivity contribution in [2.45, 2.75) is 6.42 Å². The fourth-order valence-corrected chi connectivity index (χ4v) is 1.70. The minimum Gasteiger partial charge on any atom is -0.477 e. The minimum atomic E-state index is 0.582. The third-order valence-electron chi connectivity index (χ3n) is 1.98. The van der Waals surface area contributed by atoms with Crippen molar-refractivity contribution >= 4 is 21.7 Å². The summed E-state index contributed by atoms with van der Waals surface area (Å²) in [6.07, 6.45) is 2.45. The van der Waals surface area contributed by atoms with Crippen LogP contribution in [-0.4, -0.2) is 49.2 Å². The van der Waals surface area contributed by atoms with Crippen LogP contribution in [0, 0.1) is 0 Å². The predicted molar refractivity (Wildman–Crippen MR) is 67.9 cm³/mol. The minimum absolute atomic E-state index is 0.582. The van der Waals surface area contributed by atoms with Gasteiger partial charge in [-0.25, -0.2) is 9.97 Å². The van der Waals surface area contributed by atoms with E-state index >= 15 is 0 Å². The predicted octanol–water partition coefficient (Wildman–Crippen LogP) is 1.61. The van der Waals surface area contributed by atoms with Crippen LogP contribution in [0.5, 0.6) is 5.88 Å². The van der Waals surface area contributed by atoms with E-state index in [4.69, 9.17) is 4.74 Å². The highest BCUT2D eigenvalue weighted by atomic mass is 79.9. The molecule has 0 amide bonds. The summed E-state index contributed by atoms with van der Waals surface area (Å²) in [6, 6.07) is 0. The summed E-state index contributed by atoms with van der Waals surface area (Å²) in [7, 11) is 5.89. The average molecular weight is 289 g/mol. The number of ether oxygens (including phenoxy) is 1. The Morgan fingerprint density at radius 2 is 2.19 bits per heavy atom. The van der Waals surface area contributed by atoms with E-state index in [1.807, 2.05) is 21.1 Å². The molecule has 0 spiro atoms. The molecule has 0 fully saturated rings. The van der Waals surface area contributed by atoms with E-state index < -0.39 is 0 Å². The largest absolute Gasteiger partial charge is 0.477 e. The van der Waals surface area contributed by atoms with Crippen molar-refractivity contribution in [1.29, 1.82) is 0 Å². The van der Waals surface area contributed by atoms with Gasteiger partial charge in [0.15, 0.2) is 0 Å². The fraction of sp³-hybridized carbons (Fsp3) is 0.600. The molecular formula is C10H17BrN4O. The number of hydrogen-bond donors (Lipinski definition) is 1. The maximum atomic E-state index is 5.57. The summed E-state index contributed by atoms with van der Waals surface area (Å²) >= 11 is 3.40. The molecule has 5 nitrogen and oxygen atoms in total. The zero-order valence-corrected chi connectivity index (χ0v) is 11.4. The van der Waals surface area contributed by atoms with Gasteiger partial charge in [0.05, 0.1) is 6.61 Å². The second-order valence-corrected chi connectivity index (χ2v) is 4.39. The molecule has 0 aromatic carbocycles. The first-order valence-corrected chi connectivity index (χ1v) is 5.90. The summed E-state index contributed by atoms with van der Waals surface area (Å²) in [5.41, 5.74) is 0. The summed E-state index contributed by atoms with van der Waals surface area (Å²) in [4.78, 5) is 10.2. The van der Waals surface area contributed by atoms with Gasteiger partial charge in [0.1, 0.15) is 16.6 Å². The number of aromatic nitrogens is 2. The van der Waals surface area contributed by atoms with Gasteiger partial charge in [-0.05, 0) is 36.4 Å². The van der Waals surface area contributed by atoms with Crippen molar-refractivity contribution in [1.82, 2.24) is 14.9 Å². The Morgan fingerprint density at radius 3 is 2.81 bits per heavy atom. The quantitative estimate of drug-likeness (QED) is 0.806. The van der Waals surface area contributed by atoms with Crippen LogP contribution < -0.4 is 10.1 Å². The van der Waals surface area contributed by atoms with Crippen LogP contribution in [0.15, 0.2) is 10.8 Å². The highest BCUT2D eigenvalue weighted by Gasteiger charge is 2.08. The van der Waals surface area contributed by atoms with E-state index in [-0.39, 0.29) is 0 Å². The Hall–Kier alpha value is -0.880. The van der Waals surface area contributed by atoms with Crippen LogP contribution in [0.4, 0.5) is 5.82 Å². The molecule has 0 aliphatic heterocycles. The second kappa shape index (κ2) is 6.65. The van der Waals surface area contributed by atoms with Crippen LogP contribution in [0.3, 0.4) is 0 Å². The molecule has 1 rings (SSSR count). The smallest absolute Gasteiger partial charge is 0.233 e. The van der Waals surface area contributed by atoms with Crippen LogP contribution in [0.1, 0.15) is 6.42 Å². The Balaban J connectivity index is 2.47. The van der Waals surface area contributed by atoms with Gasteiger partial charge in [-0.2, -0.15) is 0 Å².